The van der Waals surface area contributed by atoms with Crippen LogP contribution in [0, 0.1) is 13.8 Å². The van der Waals surface area contributed by atoms with Crippen molar-refractivity contribution in [2.24, 2.45) is 0 Å². The number of amides is 4. The molecular formula is C27H23N3O6. The molecular weight excluding hydrogens is 462 g/mol. The van der Waals surface area contributed by atoms with E-state index < -0.39 is 17.8 Å². The van der Waals surface area contributed by atoms with Gasteiger partial charge >= 0.3 is 6.03 Å². The van der Waals surface area contributed by atoms with E-state index in [0.717, 1.165) is 27.7 Å². The molecule has 1 fully saturated rings. The second kappa shape index (κ2) is 9.10. The number of aryl methyl sites for hydroxylation is 1. The van der Waals surface area contributed by atoms with Crippen molar-refractivity contribution in [3.8, 4) is 22.9 Å². The van der Waals surface area contributed by atoms with Crippen LogP contribution in [0.25, 0.3) is 11.8 Å². The van der Waals surface area contributed by atoms with Crippen LogP contribution in [0.5, 0.6) is 17.2 Å². The molecule has 36 heavy (non-hydrogen) atoms. The number of benzene rings is 2. The van der Waals surface area contributed by atoms with E-state index in [2.05, 4.69) is 11.9 Å². The molecule has 1 aromatic heterocycles. The summed E-state index contributed by atoms with van der Waals surface area (Å²) in [6.45, 7) is 7.95. The van der Waals surface area contributed by atoms with E-state index in [0.29, 0.717) is 23.7 Å². The van der Waals surface area contributed by atoms with Crippen LogP contribution in [0.2, 0.25) is 0 Å². The second-order valence-corrected chi connectivity index (χ2v) is 8.25. The van der Waals surface area contributed by atoms with Crippen LogP contribution in [0.3, 0.4) is 0 Å². The quantitative estimate of drug-likeness (QED) is 0.321. The number of nitrogens with zero attached hydrogens (tertiary/aromatic N) is 2. The number of carbonyl (C=O) groups excluding carboxylic acids is 3. The Kier molecular flexibility index (Phi) is 5.81. The summed E-state index contributed by atoms with van der Waals surface area (Å²) in [5.41, 5.74) is 3.43. The average molecular weight is 485 g/mol. The van der Waals surface area contributed by atoms with Crippen LogP contribution in [-0.2, 0) is 9.59 Å². The van der Waals surface area contributed by atoms with Crippen LogP contribution >= 0.6 is 0 Å². The minimum absolute atomic E-state index is 0.0583. The molecule has 2 aromatic carbocycles. The first-order chi connectivity index (χ1) is 17.4. The van der Waals surface area contributed by atoms with Gasteiger partial charge in [-0.25, -0.2) is 9.69 Å². The summed E-state index contributed by atoms with van der Waals surface area (Å²) < 4.78 is 18.2. The Hall–Kier alpha value is -4.79. The van der Waals surface area contributed by atoms with Crippen molar-refractivity contribution in [2.75, 3.05) is 18.3 Å². The zero-order valence-corrected chi connectivity index (χ0v) is 19.7. The highest BCUT2D eigenvalue weighted by atomic mass is 16.7. The molecule has 0 saturated carbocycles. The highest BCUT2D eigenvalue weighted by Crippen LogP contribution is 2.36. The van der Waals surface area contributed by atoms with E-state index in [1.165, 1.54) is 12.1 Å². The number of anilines is 1. The number of hydrogen-bond acceptors (Lipinski definition) is 6. The van der Waals surface area contributed by atoms with Gasteiger partial charge in [-0.3, -0.25) is 14.9 Å². The fourth-order valence-electron chi connectivity index (χ4n) is 4.25. The predicted octanol–water partition coefficient (Wildman–Crippen LogP) is 4.05. The molecule has 0 spiro atoms. The lowest BCUT2D eigenvalue weighted by atomic mass is 10.1. The Morgan fingerprint density at radius 3 is 2.47 bits per heavy atom. The van der Waals surface area contributed by atoms with Gasteiger partial charge in [0.15, 0.2) is 11.5 Å². The van der Waals surface area contributed by atoms with Gasteiger partial charge in [0.2, 0.25) is 6.79 Å². The summed E-state index contributed by atoms with van der Waals surface area (Å²) in [5, 5.41) is 2.25. The SMILES string of the molecule is C=CCOc1ccc(-n2c(C)cc(/C=C3\C(=O)NC(=O)N(c4ccc5c(c4)OCO5)C3=O)c2C)cc1. The van der Waals surface area contributed by atoms with Gasteiger partial charge in [-0.05, 0) is 68.0 Å². The molecule has 2 aliphatic rings. The lowest BCUT2D eigenvalue weighted by molar-refractivity contribution is -0.122. The summed E-state index contributed by atoms with van der Waals surface area (Å²) >= 11 is 0. The first kappa shape index (κ1) is 23.0. The largest absolute Gasteiger partial charge is 0.490 e. The van der Waals surface area contributed by atoms with Crippen LogP contribution < -0.4 is 24.4 Å². The Morgan fingerprint density at radius 1 is 1.00 bits per heavy atom. The predicted molar refractivity (Wildman–Crippen MR) is 133 cm³/mol. The van der Waals surface area contributed by atoms with Gasteiger partial charge in [-0.15, -0.1) is 0 Å². The Balaban J connectivity index is 1.48. The molecule has 9 heteroatoms. The Morgan fingerprint density at radius 2 is 1.72 bits per heavy atom. The van der Waals surface area contributed by atoms with Crippen LogP contribution in [0.4, 0.5) is 10.5 Å². The van der Waals surface area contributed by atoms with E-state index in [-0.39, 0.29) is 18.1 Å². The van der Waals surface area contributed by atoms with Crippen LogP contribution in [0.1, 0.15) is 17.0 Å². The number of aromatic nitrogens is 1. The number of fused-ring (bicyclic) bond motifs is 1. The molecule has 0 aliphatic carbocycles. The van der Waals surface area contributed by atoms with Crippen molar-refractivity contribution in [1.82, 2.24) is 9.88 Å². The van der Waals surface area contributed by atoms with Gasteiger partial charge in [0.25, 0.3) is 11.8 Å². The van der Waals surface area contributed by atoms with E-state index in [1.807, 2.05) is 48.7 Å². The molecule has 0 bridgehead atoms. The lowest BCUT2D eigenvalue weighted by Crippen LogP contribution is -2.54. The van der Waals surface area contributed by atoms with E-state index >= 15 is 0 Å². The van der Waals surface area contributed by atoms with Gasteiger partial charge in [-0.2, -0.15) is 0 Å². The standard InChI is InChI=1S/C27H23N3O6/c1-4-11-34-21-8-5-19(6-9-21)29-16(2)12-18(17(29)3)13-22-25(31)28-27(33)30(26(22)32)20-7-10-23-24(14-20)36-15-35-23/h4-10,12-14H,1,11,15H2,2-3H3,(H,28,31,33)/b22-13+. The molecule has 1 saturated heterocycles. The van der Waals surface area contributed by atoms with Crippen LogP contribution in [-0.4, -0.2) is 35.8 Å². The summed E-state index contributed by atoms with van der Waals surface area (Å²) in [7, 11) is 0. The zero-order valence-electron chi connectivity index (χ0n) is 19.7. The molecule has 0 unspecified atom stereocenters. The Labute approximate surface area is 207 Å². The summed E-state index contributed by atoms with van der Waals surface area (Å²) in [6, 6.07) is 13.3. The van der Waals surface area contributed by atoms with Crippen molar-refractivity contribution in [3.05, 3.63) is 83.7 Å². The number of ether oxygens (including phenoxy) is 3. The van der Waals surface area contributed by atoms with Gasteiger partial charge < -0.3 is 18.8 Å². The maximum Gasteiger partial charge on any atom is 0.335 e. The Bertz CT molecular complexity index is 1430. The maximum absolute atomic E-state index is 13.3. The molecule has 2 aliphatic heterocycles. The minimum atomic E-state index is -0.828. The fourth-order valence-corrected chi connectivity index (χ4v) is 4.25. The molecule has 0 radical (unpaired) electrons. The third-order valence-electron chi connectivity index (χ3n) is 5.95. The first-order valence-electron chi connectivity index (χ1n) is 11.2. The van der Waals surface area contributed by atoms with Crippen molar-refractivity contribution in [1.29, 1.82) is 0 Å². The summed E-state index contributed by atoms with van der Waals surface area (Å²) in [4.78, 5) is 39.5. The third kappa shape index (κ3) is 4.00. The minimum Gasteiger partial charge on any atom is -0.490 e. The molecule has 0 atom stereocenters. The van der Waals surface area contributed by atoms with Crippen LogP contribution in [0.15, 0.2) is 66.8 Å². The van der Waals surface area contributed by atoms with E-state index in [4.69, 9.17) is 14.2 Å². The molecule has 9 nitrogen and oxygen atoms in total. The lowest BCUT2D eigenvalue weighted by Gasteiger charge is -2.26. The number of imide groups is 2. The van der Waals surface area contributed by atoms with Crippen molar-refractivity contribution in [2.45, 2.75) is 13.8 Å². The van der Waals surface area contributed by atoms with Gasteiger partial charge in [0, 0.05) is 23.1 Å². The van der Waals surface area contributed by atoms with Crippen molar-refractivity contribution in [3.63, 3.8) is 0 Å². The molecule has 3 aromatic rings. The van der Waals surface area contributed by atoms with Gasteiger partial charge in [0.1, 0.15) is 17.9 Å². The number of nitrogens with one attached hydrogen (secondary N) is 1. The number of hydrogen-bond donors (Lipinski definition) is 1. The summed E-state index contributed by atoms with van der Waals surface area (Å²) in [6.07, 6.45) is 3.18. The highest BCUT2D eigenvalue weighted by molar-refractivity contribution is 6.39. The molecule has 5 rings (SSSR count). The van der Waals surface area contributed by atoms with Crippen molar-refractivity contribution >= 4 is 29.6 Å². The molecule has 1 N–H and O–H groups in total. The number of barbiturate groups is 1. The van der Waals surface area contributed by atoms with E-state index in [1.54, 1.807) is 18.2 Å². The summed E-state index contributed by atoms with van der Waals surface area (Å²) in [5.74, 6) is 0.177. The first-order valence-corrected chi connectivity index (χ1v) is 11.2. The third-order valence-corrected chi connectivity index (χ3v) is 5.95. The number of carbonyl (C=O) groups is 3. The van der Waals surface area contributed by atoms with Gasteiger partial charge in [-0.1, -0.05) is 12.7 Å². The normalized spacial score (nSPS) is 15.9. The smallest absolute Gasteiger partial charge is 0.335 e. The fraction of sp³-hybridized carbons (Fsp3) is 0.148. The maximum atomic E-state index is 13.3. The highest BCUT2D eigenvalue weighted by Gasteiger charge is 2.37. The zero-order chi connectivity index (χ0) is 25.4. The van der Waals surface area contributed by atoms with Gasteiger partial charge in [0.05, 0.1) is 5.69 Å². The molecule has 182 valence electrons. The average Bonchev–Trinajstić information content (AvgIpc) is 3.44. The van der Waals surface area contributed by atoms with E-state index in [9.17, 15) is 14.4 Å². The molecule has 3 heterocycles. The number of urea groups is 1. The topological polar surface area (TPSA) is 99.1 Å². The monoisotopic (exact) mass is 485 g/mol. The molecule has 4 amide bonds. The second-order valence-electron chi connectivity index (χ2n) is 8.25. The van der Waals surface area contributed by atoms with Crippen molar-refractivity contribution < 1.29 is 28.6 Å². The number of rotatable bonds is 6.